The van der Waals surface area contributed by atoms with Gasteiger partial charge in [0.2, 0.25) is 5.65 Å². The van der Waals surface area contributed by atoms with Crippen molar-refractivity contribution in [3.8, 4) is 0 Å². The minimum atomic E-state index is -4.53. The number of hydrogen-bond donors (Lipinski definition) is 2. The molecule has 0 aliphatic heterocycles. The zero-order chi connectivity index (χ0) is 16.2. The van der Waals surface area contributed by atoms with E-state index < -0.39 is 23.2 Å². The molecule has 2 heterocycles. The summed E-state index contributed by atoms with van der Waals surface area (Å²) >= 11 is 0. The Balaban J connectivity index is 2.46. The molecular formula is C13H9F3N4O2. The molecule has 1 aromatic carbocycles. The van der Waals surface area contributed by atoms with Crippen molar-refractivity contribution in [3.63, 3.8) is 0 Å². The summed E-state index contributed by atoms with van der Waals surface area (Å²) in [5.74, 6) is -0.819. The molecule has 0 saturated carbocycles. The van der Waals surface area contributed by atoms with Gasteiger partial charge in [-0.05, 0) is 25.1 Å². The van der Waals surface area contributed by atoms with Crippen molar-refractivity contribution in [3.05, 3.63) is 45.5 Å². The number of carbonyl (C=O) groups excluding carboxylic acids is 1. The highest BCUT2D eigenvalue weighted by molar-refractivity contribution is 5.93. The van der Waals surface area contributed by atoms with Gasteiger partial charge >= 0.3 is 6.18 Å². The van der Waals surface area contributed by atoms with Crippen LogP contribution in [0.4, 0.5) is 13.2 Å². The zero-order valence-corrected chi connectivity index (χ0v) is 11.2. The van der Waals surface area contributed by atoms with E-state index in [0.29, 0.717) is 11.2 Å². The van der Waals surface area contributed by atoms with Crippen LogP contribution < -0.4 is 11.3 Å². The lowest BCUT2D eigenvalue weighted by atomic mass is 10.2. The maximum Gasteiger partial charge on any atom is 0.416 e. The SMILES string of the molecule is Cc1c(C(N)=O)nc2c(=O)[nH]c3cc(C(F)(F)F)ccc3n12. The first kappa shape index (κ1) is 14.1. The lowest BCUT2D eigenvalue weighted by molar-refractivity contribution is -0.137. The molecule has 3 rings (SSSR count). The average molecular weight is 310 g/mol. The van der Waals surface area contributed by atoms with Gasteiger partial charge < -0.3 is 10.7 Å². The third-order valence-corrected chi connectivity index (χ3v) is 3.36. The summed E-state index contributed by atoms with van der Waals surface area (Å²) in [5.41, 5.74) is 3.96. The van der Waals surface area contributed by atoms with Crippen molar-refractivity contribution >= 4 is 22.6 Å². The van der Waals surface area contributed by atoms with Gasteiger partial charge in [0, 0.05) is 0 Å². The summed E-state index contributed by atoms with van der Waals surface area (Å²) in [7, 11) is 0. The Labute approximate surface area is 120 Å². The largest absolute Gasteiger partial charge is 0.416 e. The maximum absolute atomic E-state index is 12.7. The number of nitrogens with zero attached hydrogens (tertiary/aromatic N) is 2. The van der Waals surface area contributed by atoms with Crippen LogP contribution in [-0.2, 0) is 6.18 Å². The molecule has 0 bridgehead atoms. The number of rotatable bonds is 1. The number of fused-ring (bicyclic) bond motifs is 3. The van der Waals surface area contributed by atoms with Crippen LogP contribution in [0.5, 0.6) is 0 Å². The topological polar surface area (TPSA) is 93.2 Å². The highest BCUT2D eigenvalue weighted by Crippen LogP contribution is 2.31. The summed E-state index contributed by atoms with van der Waals surface area (Å²) < 4.78 is 39.6. The van der Waals surface area contributed by atoms with Crippen LogP contribution in [0.3, 0.4) is 0 Å². The number of primary amides is 1. The van der Waals surface area contributed by atoms with E-state index in [2.05, 4.69) is 9.97 Å². The smallest absolute Gasteiger partial charge is 0.364 e. The number of nitrogens with two attached hydrogens (primary N) is 1. The second-order valence-corrected chi connectivity index (χ2v) is 4.75. The Hall–Kier alpha value is -2.84. The van der Waals surface area contributed by atoms with Gasteiger partial charge in [-0.2, -0.15) is 13.2 Å². The van der Waals surface area contributed by atoms with Crippen molar-refractivity contribution in [2.45, 2.75) is 13.1 Å². The van der Waals surface area contributed by atoms with Crippen molar-refractivity contribution in [1.82, 2.24) is 14.4 Å². The quantitative estimate of drug-likeness (QED) is 0.715. The Morgan fingerprint density at radius 2 is 2.05 bits per heavy atom. The summed E-state index contributed by atoms with van der Waals surface area (Å²) in [6.45, 7) is 1.51. The third kappa shape index (κ3) is 1.93. The number of aromatic amines is 1. The summed E-state index contributed by atoms with van der Waals surface area (Å²) in [4.78, 5) is 29.5. The van der Waals surface area contributed by atoms with E-state index in [1.54, 1.807) is 0 Å². The lowest BCUT2D eigenvalue weighted by Crippen LogP contribution is -2.13. The molecule has 114 valence electrons. The Morgan fingerprint density at radius 3 is 2.64 bits per heavy atom. The predicted octanol–water partition coefficient (Wildman–Crippen LogP) is 1.60. The number of alkyl halides is 3. The molecule has 0 aliphatic carbocycles. The first-order valence-corrected chi connectivity index (χ1v) is 6.12. The monoisotopic (exact) mass is 310 g/mol. The van der Waals surface area contributed by atoms with Gasteiger partial charge in [-0.25, -0.2) is 4.98 Å². The number of amides is 1. The molecule has 0 fully saturated rings. The van der Waals surface area contributed by atoms with Crippen LogP contribution >= 0.6 is 0 Å². The fourth-order valence-corrected chi connectivity index (χ4v) is 2.37. The van der Waals surface area contributed by atoms with Crippen molar-refractivity contribution in [2.24, 2.45) is 5.73 Å². The van der Waals surface area contributed by atoms with Crippen molar-refractivity contribution < 1.29 is 18.0 Å². The number of benzene rings is 1. The Kier molecular flexibility index (Phi) is 2.77. The average Bonchev–Trinajstić information content (AvgIpc) is 2.76. The third-order valence-electron chi connectivity index (χ3n) is 3.36. The van der Waals surface area contributed by atoms with Gasteiger partial charge in [0.1, 0.15) is 5.69 Å². The molecule has 3 N–H and O–H groups in total. The van der Waals surface area contributed by atoms with E-state index in [9.17, 15) is 22.8 Å². The normalized spacial score (nSPS) is 12.2. The molecule has 0 spiro atoms. The molecular weight excluding hydrogens is 301 g/mol. The van der Waals surface area contributed by atoms with E-state index in [1.165, 1.54) is 17.4 Å². The highest BCUT2D eigenvalue weighted by Gasteiger charge is 2.31. The predicted molar refractivity (Wildman–Crippen MR) is 71.6 cm³/mol. The second-order valence-electron chi connectivity index (χ2n) is 4.75. The van der Waals surface area contributed by atoms with Crippen LogP contribution in [0.2, 0.25) is 0 Å². The van der Waals surface area contributed by atoms with Gasteiger partial charge in [-0.3, -0.25) is 14.0 Å². The molecule has 9 heteroatoms. The first-order chi connectivity index (χ1) is 10.2. The molecule has 6 nitrogen and oxygen atoms in total. The molecule has 0 aliphatic rings. The molecule has 3 aromatic rings. The van der Waals surface area contributed by atoms with Crippen LogP contribution in [0.25, 0.3) is 16.7 Å². The molecule has 0 saturated heterocycles. The number of nitrogens with one attached hydrogen (secondary N) is 1. The maximum atomic E-state index is 12.7. The number of carbonyl (C=O) groups is 1. The van der Waals surface area contributed by atoms with Crippen LogP contribution in [0, 0.1) is 6.92 Å². The van der Waals surface area contributed by atoms with Crippen LogP contribution in [0.15, 0.2) is 23.0 Å². The zero-order valence-electron chi connectivity index (χ0n) is 11.2. The van der Waals surface area contributed by atoms with Gasteiger partial charge in [0.05, 0.1) is 22.3 Å². The highest BCUT2D eigenvalue weighted by atomic mass is 19.4. The van der Waals surface area contributed by atoms with Gasteiger partial charge in [0.25, 0.3) is 11.5 Å². The number of H-pyrrole nitrogens is 1. The molecule has 22 heavy (non-hydrogen) atoms. The van der Waals surface area contributed by atoms with Crippen molar-refractivity contribution in [2.75, 3.05) is 0 Å². The summed E-state index contributed by atoms with van der Waals surface area (Å²) in [6.07, 6.45) is -4.53. The fraction of sp³-hybridized carbons (Fsp3) is 0.154. The van der Waals surface area contributed by atoms with E-state index in [1.807, 2.05) is 0 Å². The molecule has 2 aromatic heterocycles. The number of aryl methyl sites for hydroxylation is 1. The number of imidazole rings is 1. The Morgan fingerprint density at radius 1 is 1.36 bits per heavy atom. The standard InChI is InChI=1S/C13H9F3N4O2/c1-5-9(10(17)21)19-11-12(22)18-7-4-6(13(14,15)16)2-3-8(7)20(5)11/h2-4H,1H3,(H2,17,21)(H,18,22). The number of halogens is 3. The summed E-state index contributed by atoms with van der Waals surface area (Å²) in [5, 5.41) is 0. The first-order valence-electron chi connectivity index (χ1n) is 6.12. The molecule has 1 amide bonds. The van der Waals surface area contributed by atoms with Crippen LogP contribution in [-0.4, -0.2) is 20.3 Å². The minimum Gasteiger partial charge on any atom is -0.364 e. The number of aromatic nitrogens is 3. The van der Waals surface area contributed by atoms with Gasteiger partial charge in [-0.1, -0.05) is 0 Å². The Bertz CT molecular complexity index is 985. The number of hydrogen-bond acceptors (Lipinski definition) is 3. The van der Waals surface area contributed by atoms with E-state index in [0.717, 1.165) is 12.1 Å². The lowest BCUT2D eigenvalue weighted by Gasteiger charge is -2.09. The van der Waals surface area contributed by atoms with Crippen molar-refractivity contribution in [1.29, 1.82) is 0 Å². The molecule has 0 unspecified atom stereocenters. The van der Waals surface area contributed by atoms with E-state index in [4.69, 9.17) is 5.73 Å². The van der Waals surface area contributed by atoms with Gasteiger partial charge in [0.15, 0.2) is 0 Å². The second kappa shape index (κ2) is 4.33. The minimum absolute atomic E-state index is 0.0103. The fourth-order valence-electron chi connectivity index (χ4n) is 2.37. The van der Waals surface area contributed by atoms with Crippen LogP contribution in [0.1, 0.15) is 21.7 Å². The molecule has 0 atom stereocenters. The molecule has 0 radical (unpaired) electrons. The summed E-state index contributed by atoms with van der Waals surface area (Å²) in [6, 6.07) is 2.93. The van der Waals surface area contributed by atoms with E-state index >= 15 is 0 Å². The van der Waals surface area contributed by atoms with E-state index in [-0.39, 0.29) is 16.9 Å². The van der Waals surface area contributed by atoms with Gasteiger partial charge in [-0.15, -0.1) is 0 Å².